The molecule has 35 heavy (non-hydrogen) atoms. The van der Waals surface area contributed by atoms with Crippen LogP contribution in [0.15, 0.2) is 84.9 Å². The van der Waals surface area contributed by atoms with E-state index in [9.17, 15) is 4.79 Å². The lowest BCUT2D eigenvalue weighted by Gasteiger charge is -2.27. The molecule has 0 amide bonds. The number of fused-ring (bicyclic) bond motifs is 3. The van der Waals surface area contributed by atoms with Crippen molar-refractivity contribution in [2.24, 2.45) is 0 Å². The average molecular weight is 482 g/mol. The van der Waals surface area contributed by atoms with Crippen molar-refractivity contribution in [1.82, 2.24) is 0 Å². The highest BCUT2D eigenvalue weighted by Gasteiger charge is 2.30. The molecule has 5 rings (SSSR count). The van der Waals surface area contributed by atoms with E-state index < -0.39 is 5.60 Å². The zero-order valence-corrected chi connectivity index (χ0v) is 21.5. The van der Waals surface area contributed by atoms with Crippen molar-refractivity contribution in [3.8, 4) is 10.6 Å². The lowest BCUT2D eigenvalue weighted by Crippen LogP contribution is -2.26. The Kier molecular flexibility index (Phi) is 5.86. The van der Waals surface area contributed by atoms with Gasteiger partial charge in [0.2, 0.25) is 0 Å². The van der Waals surface area contributed by atoms with Crippen LogP contribution in [0, 0.1) is 13.8 Å². The molecule has 1 aromatic heterocycles. The third-order valence-electron chi connectivity index (χ3n) is 6.56. The number of carbonyl (C=O) groups excluding carboxylic acids is 1. The highest BCUT2D eigenvalue weighted by molar-refractivity contribution is 7.50. The van der Waals surface area contributed by atoms with Crippen LogP contribution in [0.2, 0.25) is 0 Å². The van der Waals surface area contributed by atoms with E-state index in [2.05, 4.69) is 60.7 Å². The van der Waals surface area contributed by atoms with Gasteiger partial charge in [-0.15, -0.1) is 0 Å². The topological polar surface area (TPSA) is 35.5 Å². The minimum Gasteiger partial charge on any atom is -0.497 e. The highest BCUT2D eigenvalue weighted by Crippen LogP contribution is 2.49. The Morgan fingerprint density at radius 3 is 1.91 bits per heavy atom. The van der Waals surface area contributed by atoms with Gasteiger partial charge in [-0.3, -0.25) is 0 Å². The van der Waals surface area contributed by atoms with Crippen LogP contribution < -0.4 is 4.74 Å². The molecule has 0 bridgehead atoms. The fourth-order valence-corrected chi connectivity index (χ4v) is 7.37. The van der Waals surface area contributed by atoms with E-state index in [1.54, 1.807) is 7.11 Å². The summed E-state index contributed by atoms with van der Waals surface area (Å²) < 4.78 is 14.1. The quantitative estimate of drug-likeness (QED) is 0.187. The molecule has 0 radical (unpaired) electrons. The molecule has 0 unspecified atom stereocenters. The molecule has 176 valence electrons. The molecule has 0 aliphatic carbocycles. The van der Waals surface area contributed by atoms with E-state index in [0.717, 1.165) is 22.4 Å². The molecule has 4 heteroatoms. The summed E-state index contributed by atoms with van der Waals surface area (Å²) in [5, 5.41) is 2.59. The van der Waals surface area contributed by atoms with Crippen LogP contribution in [0.3, 0.4) is 0 Å². The Labute approximate surface area is 208 Å². The summed E-state index contributed by atoms with van der Waals surface area (Å²) >= 11 is 0. The monoisotopic (exact) mass is 481 g/mol. The maximum absolute atomic E-state index is 13.4. The van der Waals surface area contributed by atoms with Crippen molar-refractivity contribution in [3.05, 3.63) is 107 Å². The van der Waals surface area contributed by atoms with Gasteiger partial charge in [-0.05, 0) is 80.8 Å². The van der Waals surface area contributed by atoms with Gasteiger partial charge in [0, 0.05) is 33.4 Å². The van der Waals surface area contributed by atoms with Crippen molar-refractivity contribution in [3.63, 3.8) is 0 Å². The Bertz CT molecular complexity index is 1500. The minimum absolute atomic E-state index is 0.201. The number of methoxy groups -OCH3 is 1. The van der Waals surface area contributed by atoms with Crippen molar-refractivity contribution < 1.29 is 14.3 Å². The van der Waals surface area contributed by atoms with Crippen molar-refractivity contribution in [2.45, 2.75) is 33.3 Å². The second-order valence-corrected chi connectivity index (χ2v) is 11.3. The maximum atomic E-state index is 13.4. The molecular weight excluding hydrogens is 452 g/mol. The molecule has 0 aliphatic heterocycles. The summed E-state index contributed by atoms with van der Waals surface area (Å²) in [6.07, 6.45) is 0. The van der Waals surface area contributed by atoms with Crippen LogP contribution in [-0.4, -0.2) is 13.1 Å². The number of hydrogen-bond acceptors (Lipinski definition) is 3. The molecule has 0 atom stereocenters. The number of thiophene rings is 1. The lowest BCUT2D eigenvalue weighted by atomic mass is 9.97. The molecule has 0 saturated carbocycles. The Balaban J connectivity index is 1.55. The smallest absolute Gasteiger partial charge is 0.339 e. The Morgan fingerprint density at radius 2 is 1.34 bits per heavy atom. The SMILES string of the molecule is COc1cccc(C(C)(C)OC(=O)c2c(C)cc(-[s+]3c4ccccc4c4ccccc43)cc2C)c1. The molecule has 0 N–H and O–H groups in total. The van der Waals surface area contributed by atoms with Gasteiger partial charge in [0.1, 0.15) is 11.4 Å². The maximum Gasteiger partial charge on any atom is 0.339 e. The summed E-state index contributed by atoms with van der Waals surface area (Å²) in [7, 11) is 1.43. The van der Waals surface area contributed by atoms with Crippen LogP contribution in [0.25, 0.3) is 25.1 Å². The van der Waals surface area contributed by atoms with Gasteiger partial charge in [-0.1, -0.05) is 36.4 Å². The average Bonchev–Trinajstić information content (AvgIpc) is 3.18. The molecule has 0 spiro atoms. The van der Waals surface area contributed by atoms with Crippen molar-refractivity contribution in [1.29, 1.82) is 0 Å². The normalized spacial score (nSPS) is 11.7. The third-order valence-corrected chi connectivity index (χ3v) is 8.86. The standard InChI is InChI=1S/C31H29O3S/c1-20-17-24(35-27-15-8-6-13-25(27)26-14-7-9-16-28(26)35)18-21(2)29(20)30(32)34-31(3,4)22-11-10-12-23(19-22)33-5/h6-19H,1-5H3/q+1. The van der Waals surface area contributed by atoms with Crippen LogP contribution >= 0.6 is 10.5 Å². The number of carbonyl (C=O) groups is 1. The Morgan fingerprint density at radius 1 is 0.771 bits per heavy atom. The molecule has 4 aromatic carbocycles. The molecule has 0 aliphatic rings. The fourth-order valence-electron chi connectivity index (χ4n) is 4.81. The second-order valence-electron chi connectivity index (χ2n) is 9.36. The number of rotatable bonds is 5. The van der Waals surface area contributed by atoms with Crippen LogP contribution in [0.4, 0.5) is 0 Å². The van der Waals surface area contributed by atoms with E-state index in [4.69, 9.17) is 9.47 Å². The van der Waals surface area contributed by atoms with Crippen molar-refractivity contribution in [2.75, 3.05) is 7.11 Å². The zero-order valence-electron chi connectivity index (χ0n) is 20.7. The number of aryl methyl sites for hydroxylation is 2. The first-order valence-corrected chi connectivity index (χ1v) is 12.9. The molecule has 1 heterocycles. The number of benzene rings is 4. The highest BCUT2D eigenvalue weighted by atomic mass is 32.2. The first-order valence-electron chi connectivity index (χ1n) is 11.7. The summed E-state index contributed by atoms with van der Waals surface area (Å²) in [6.45, 7) is 7.82. The zero-order chi connectivity index (χ0) is 24.7. The van der Waals surface area contributed by atoms with E-state index in [1.165, 1.54) is 25.1 Å². The third kappa shape index (κ3) is 4.08. The van der Waals surface area contributed by atoms with Crippen LogP contribution in [0.5, 0.6) is 5.75 Å². The Hall–Kier alpha value is -3.63. The molecule has 0 fully saturated rings. The molecule has 0 saturated heterocycles. The minimum atomic E-state index is -0.797. The summed E-state index contributed by atoms with van der Waals surface area (Å²) in [6, 6.07) is 29.2. The van der Waals surface area contributed by atoms with Gasteiger partial charge in [0.15, 0.2) is 14.3 Å². The van der Waals surface area contributed by atoms with Gasteiger partial charge in [0.05, 0.1) is 12.7 Å². The molecule has 3 nitrogen and oxygen atoms in total. The predicted octanol–water partition coefficient (Wildman–Crippen LogP) is 8.45. The fraction of sp³-hybridized carbons (Fsp3) is 0.194. The first-order chi connectivity index (χ1) is 16.8. The van der Waals surface area contributed by atoms with Gasteiger partial charge >= 0.3 is 5.97 Å². The summed E-state index contributed by atoms with van der Waals surface area (Å²) in [5.74, 6) is 0.427. The van der Waals surface area contributed by atoms with E-state index in [-0.39, 0.29) is 16.4 Å². The van der Waals surface area contributed by atoms with Gasteiger partial charge in [-0.25, -0.2) is 4.79 Å². The molecular formula is C31H29O3S+. The van der Waals surface area contributed by atoms with Gasteiger partial charge in [-0.2, -0.15) is 0 Å². The number of ether oxygens (including phenoxy) is 2. The van der Waals surface area contributed by atoms with Crippen molar-refractivity contribution >= 4 is 36.6 Å². The number of esters is 1. The van der Waals surface area contributed by atoms with E-state index in [0.29, 0.717) is 5.56 Å². The van der Waals surface area contributed by atoms with Crippen LogP contribution in [-0.2, 0) is 10.3 Å². The number of hydrogen-bond donors (Lipinski definition) is 0. The predicted molar refractivity (Wildman–Crippen MR) is 146 cm³/mol. The second kappa shape index (κ2) is 8.86. The first kappa shape index (κ1) is 23.1. The van der Waals surface area contributed by atoms with Gasteiger partial charge < -0.3 is 9.47 Å². The lowest BCUT2D eigenvalue weighted by molar-refractivity contribution is -0.00336. The van der Waals surface area contributed by atoms with E-state index >= 15 is 0 Å². The largest absolute Gasteiger partial charge is 0.497 e. The van der Waals surface area contributed by atoms with Gasteiger partial charge in [0.25, 0.3) is 0 Å². The van der Waals surface area contributed by atoms with E-state index in [1.807, 2.05) is 52.0 Å². The summed E-state index contributed by atoms with van der Waals surface area (Å²) in [4.78, 5) is 14.6. The molecule has 5 aromatic rings. The summed E-state index contributed by atoms with van der Waals surface area (Å²) in [5.41, 5.74) is 2.59. The van der Waals surface area contributed by atoms with Crippen LogP contribution in [0.1, 0.15) is 40.9 Å².